The lowest BCUT2D eigenvalue weighted by Gasteiger charge is -2.38. The lowest BCUT2D eigenvalue weighted by molar-refractivity contribution is 0.0617. The Morgan fingerprint density at radius 3 is 2.37 bits per heavy atom. The number of benzene rings is 1. The molecule has 0 aliphatic carbocycles. The lowest BCUT2D eigenvalue weighted by Crippen LogP contribution is -2.44. The maximum Gasteiger partial charge on any atom is 0.253 e. The molecule has 1 aliphatic rings. The van der Waals surface area contributed by atoms with Gasteiger partial charge in [0.15, 0.2) is 0 Å². The molecule has 0 aromatic heterocycles. The van der Waals surface area contributed by atoms with Gasteiger partial charge in [-0.05, 0) is 49.1 Å². The number of carbonyl (C=O) groups is 1. The van der Waals surface area contributed by atoms with Crippen LogP contribution < -0.4 is 10.5 Å². The Kier molecular flexibility index (Phi) is 4.10. The van der Waals surface area contributed by atoms with E-state index in [1.807, 2.05) is 29.2 Å². The quantitative estimate of drug-likeness (QED) is 0.905. The predicted molar refractivity (Wildman–Crippen MR) is 75.3 cm³/mol. The van der Waals surface area contributed by atoms with Gasteiger partial charge in [-0.1, -0.05) is 6.92 Å². The van der Waals surface area contributed by atoms with Crippen molar-refractivity contribution >= 4 is 5.91 Å². The van der Waals surface area contributed by atoms with E-state index >= 15 is 0 Å². The van der Waals surface area contributed by atoms with Crippen molar-refractivity contribution in [3.05, 3.63) is 29.8 Å². The van der Waals surface area contributed by atoms with Crippen molar-refractivity contribution in [1.29, 1.82) is 0 Å². The molecule has 0 saturated carbocycles. The van der Waals surface area contributed by atoms with Gasteiger partial charge in [0.25, 0.3) is 5.91 Å². The number of hydrogen-bond acceptors (Lipinski definition) is 3. The summed E-state index contributed by atoms with van der Waals surface area (Å²) >= 11 is 0. The van der Waals surface area contributed by atoms with Crippen LogP contribution in [0, 0.1) is 5.41 Å². The Morgan fingerprint density at radius 1 is 1.32 bits per heavy atom. The SMILES string of the molecule is COc1ccc(C(=O)N2CCC(C)(CN)CC2)cc1. The number of hydrogen-bond donors (Lipinski definition) is 1. The highest BCUT2D eigenvalue weighted by Gasteiger charge is 2.30. The average molecular weight is 262 g/mol. The third-order valence-corrected chi connectivity index (χ3v) is 4.09. The zero-order valence-corrected chi connectivity index (χ0v) is 11.7. The zero-order chi connectivity index (χ0) is 13.9. The number of rotatable bonds is 3. The molecule has 0 bridgehead atoms. The Labute approximate surface area is 114 Å². The summed E-state index contributed by atoms with van der Waals surface area (Å²) in [6.45, 7) is 4.47. The minimum atomic E-state index is 0.0988. The van der Waals surface area contributed by atoms with Gasteiger partial charge in [-0.3, -0.25) is 4.79 Å². The van der Waals surface area contributed by atoms with E-state index in [4.69, 9.17) is 10.5 Å². The van der Waals surface area contributed by atoms with Crippen LogP contribution in [-0.2, 0) is 0 Å². The summed E-state index contributed by atoms with van der Waals surface area (Å²) < 4.78 is 5.10. The fourth-order valence-electron chi connectivity index (χ4n) is 2.37. The molecule has 1 heterocycles. The molecule has 0 spiro atoms. The summed E-state index contributed by atoms with van der Waals surface area (Å²) in [5.41, 5.74) is 6.70. The number of piperidine rings is 1. The molecule has 4 nitrogen and oxygen atoms in total. The van der Waals surface area contributed by atoms with Crippen molar-refractivity contribution < 1.29 is 9.53 Å². The zero-order valence-electron chi connectivity index (χ0n) is 11.7. The molecule has 0 unspecified atom stereocenters. The van der Waals surface area contributed by atoms with Crippen LogP contribution in [0.15, 0.2) is 24.3 Å². The van der Waals surface area contributed by atoms with Crippen LogP contribution in [-0.4, -0.2) is 37.6 Å². The standard InChI is InChI=1S/C15H22N2O2/c1-15(11-16)7-9-17(10-8-15)14(18)12-3-5-13(19-2)6-4-12/h3-6H,7-11,16H2,1-2H3. The molecule has 2 rings (SSSR count). The minimum absolute atomic E-state index is 0.0988. The summed E-state index contributed by atoms with van der Waals surface area (Å²) in [5, 5.41) is 0. The minimum Gasteiger partial charge on any atom is -0.497 e. The summed E-state index contributed by atoms with van der Waals surface area (Å²) in [4.78, 5) is 14.3. The van der Waals surface area contributed by atoms with Crippen LogP contribution in [0.2, 0.25) is 0 Å². The van der Waals surface area contributed by atoms with Crippen molar-refractivity contribution in [2.75, 3.05) is 26.7 Å². The maximum absolute atomic E-state index is 12.4. The molecule has 1 aromatic carbocycles. The second-order valence-corrected chi connectivity index (χ2v) is 5.54. The first-order chi connectivity index (χ1) is 9.08. The Morgan fingerprint density at radius 2 is 1.89 bits per heavy atom. The smallest absolute Gasteiger partial charge is 0.253 e. The second kappa shape index (κ2) is 5.61. The molecule has 1 aromatic rings. The number of ether oxygens (including phenoxy) is 1. The van der Waals surface area contributed by atoms with Gasteiger partial charge in [-0.2, -0.15) is 0 Å². The largest absolute Gasteiger partial charge is 0.497 e. The van der Waals surface area contributed by atoms with E-state index < -0.39 is 0 Å². The van der Waals surface area contributed by atoms with Crippen LogP contribution in [0.4, 0.5) is 0 Å². The van der Waals surface area contributed by atoms with Gasteiger partial charge in [-0.25, -0.2) is 0 Å². The Balaban J connectivity index is 2.00. The van der Waals surface area contributed by atoms with Gasteiger partial charge >= 0.3 is 0 Å². The lowest BCUT2D eigenvalue weighted by atomic mass is 9.80. The monoisotopic (exact) mass is 262 g/mol. The molecule has 4 heteroatoms. The highest BCUT2D eigenvalue weighted by molar-refractivity contribution is 5.94. The van der Waals surface area contributed by atoms with Gasteiger partial charge in [-0.15, -0.1) is 0 Å². The van der Waals surface area contributed by atoms with Gasteiger partial charge in [0, 0.05) is 18.7 Å². The van der Waals surface area contributed by atoms with E-state index in [2.05, 4.69) is 6.92 Å². The third kappa shape index (κ3) is 3.07. The first-order valence-electron chi connectivity index (χ1n) is 6.71. The molecular formula is C15H22N2O2. The molecule has 1 saturated heterocycles. The van der Waals surface area contributed by atoms with E-state index in [0.29, 0.717) is 6.54 Å². The first-order valence-corrected chi connectivity index (χ1v) is 6.71. The van der Waals surface area contributed by atoms with E-state index in [9.17, 15) is 4.79 Å². The topological polar surface area (TPSA) is 55.6 Å². The van der Waals surface area contributed by atoms with Crippen molar-refractivity contribution in [1.82, 2.24) is 4.90 Å². The van der Waals surface area contributed by atoms with Crippen molar-refractivity contribution in [3.8, 4) is 5.75 Å². The molecule has 0 radical (unpaired) electrons. The number of amides is 1. The van der Waals surface area contributed by atoms with Gasteiger partial charge in [0.05, 0.1) is 7.11 Å². The number of likely N-dealkylation sites (tertiary alicyclic amines) is 1. The Hall–Kier alpha value is -1.55. The molecule has 2 N–H and O–H groups in total. The van der Waals surface area contributed by atoms with Gasteiger partial charge < -0.3 is 15.4 Å². The van der Waals surface area contributed by atoms with Crippen LogP contribution in [0.1, 0.15) is 30.1 Å². The van der Waals surface area contributed by atoms with Crippen LogP contribution in [0.3, 0.4) is 0 Å². The molecule has 104 valence electrons. The normalized spacial score (nSPS) is 18.2. The summed E-state index contributed by atoms with van der Waals surface area (Å²) in [7, 11) is 1.62. The molecule has 19 heavy (non-hydrogen) atoms. The second-order valence-electron chi connectivity index (χ2n) is 5.54. The van der Waals surface area contributed by atoms with E-state index in [1.165, 1.54) is 0 Å². The fraction of sp³-hybridized carbons (Fsp3) is 0.533. The summed E-state index contributed by atoms with van der Waals surface area (Å²) in [6.07, 6.45) is 1.96. The molecule has 1 amide bonds. The Bertz CT molecular complexity index is 434. The number of carbonyl (C=O) groups excluding carboxylic acids is 1. The number of nitrogens with zero attached hydrogens (tertiary/aromatic N) is 1. The molecular weight excluding hydrogens is 240 g/mol. The van der Waals surface area contributed by atoms with Gasteiger partial charge in [0.2, 0.25) is 0 Å². The molecule has 1 fully saturated rings. The molecule has 0 atom stereocenters. The average Bonchev–Trinajstić information content (AvgIpc) is 2.47. The van der Waals surface area contributed by atoms with Gasteiger partial charge in [0.1, 0.15) is 5.75 Å². The van der Waals surface area contributed by atoms with Crippen molar-refractivity contribution in [2.45, 2.75) is 19.8 Å². The van der Waals surface area contributed by atoms with Crippen molar-refractivity contribution in [3.63, 3.8) is 0 Å². The highest BCUT2D eigenvalue weighted by atomic mass is 16.5. The number of nitrogens with two attached hydrogens (primary N) is 1. The van der Waals surface area contributed by atoms with E-state index in [0.717, 1.165) is 37.2 Å². The third-order valence-electron chi connectivity index (χ3n) is 4.09. The van der Waals surface area contributed by atoms with E-state index in [1.54, 1.807) is 7.11 Å². The predicted octanol–water partition coefficient (Wildman–Crippen LogP) is 1.90. The fourth-order valence-corrected chi connectivity index (χ4v) is 2.37. The van der Waals surface area contributed by atoms with Crippen LogP contribution in [0.5, 0.6) is 5.75 Å². The summed E-state index contributed by atoms with van der Waals surface area (Å²) in [6, 6.07) is 7.28. The maximum atomic E-state index is 12.4. The highest BCUT2D eigenvalue weighted by Crippen LogP contribution is 2.30. The molecule has 1 aliphatic heterocycles. The number of methoxy groups -OCH3 is 1. The van der Waals surface area contributed by atoms with E-state index in [-0.39, 0.29) is 11.3 Å². The summed E-state index contributed by atoms with van der Waals surface area (Å²) in [5.74, 6) is 0.868. The van der Waals surface area contributed by atoms with Crippen LogP contribution in [0.25, 0.3) is 0 Å². The van der Waals surface area contributed by atoms with Crippen LogP contribution >= 0.6 is 0 Å². The first kappa shape index (κ1) is 13.9. The van der Waals surface area contributed by atoms with Crippen molar-refractivity contribution in [2.24, 2.45) is 11.1 Å².